The number of hydrogen-bond donors (Lipinski definition) is 2. The van der Waals surface area contributed by atoms with Crippen LogP contribution in [-0.4, -0.2) is 44.9 Å². The molecule has 1 aliphatic heterocycles. The van der Waals surface area contributed by atoms with Crippen LogP contribution in [0.4, 0.5) is 0 Å². The van der Waals surface area contributed by atoms with Gasteiger partial charge in [-0.15, -0.1) is 0 Å². The maximum Gasteiger partial charge on any atom is 0.240 e. The van der Waals surface area contributed by atoms with Crippen LogP contribution < -0.4 is 10.0 Å². The van der Waals surface area contributed by atoms with Crippen molar-refractivity contribution in [1.82, 2.24) is 14.9 Å². The highest BCUT2D eigenvalue weighted by atomic mass is 35.5. The van der Waals surface area contributed by atoms with Gasteiger partial charge in [-0.1, -0.05) is 41.9 Å². The molecule has 0 aliphatic carbocycles. The van der Waals surface area contributed by atoms with Crippen LogP contribution >= 0.6 is 11.6 Å². The first-order chi connectivity index (χ1) is 13.4. The Morgan fingerprint density at radius 3 is 2.32 bits per heavy atom. The summed E-state index contributed by atoms with van der Waals surface area (Å²) in [5, 5.41) is 3.57. The van der Waals surface area contributed by atoms with Crippen molar-refractivity contribution in [1.29, 1.82) is 0 Å². The minimum atomic E-state index is -3.50. The number of nitrogens with zero attached hydrogens (tertiary/aromatic N) is 1. The molecule has 0 saturated carbocycles. The maximum atomic E-state index is 12.4. The zero-order valence-corrected chi connectivity index (χ0v) is 17.0. The predicted octanol–water partition coefficient (Wildman–Crippen LogP) is 2.40. The molecule has 0 radical (unpaired) electrons. The number of piperidine rings is 1. The molecule has 1 aliphatic rings. The lowest BCUT2D eigenvalue weighted by Crippen LogP contribution is -2.47. The summed E-state index contributed by atoms with van der Waals surface area (Å²) >= 11 is 5.85. The summed E-state index contributed by atoms with van der Waals surface area (Å²) in [5.74, 6) is -0.0433. The summed E-state index contributed by atoms with van der Waals surface area (Å²) < 4.78 is 27.6. The van der Waals surface area contributed by atoms with E-state index in [-0.39, 0.29) is 16.8 Å². The summed E-state index contributed by atoms with van der Waals surface area (Å²) in [4.78, 5) is 14.5. The molecular weight excluding hydrogens is 398 g/mol. The highest BCUT2D eigenvalue weighted by Gasteiger charge is 2.25. The van der Waals surface area contributed by atoms with E-state index in [9.17, 15) is 13.2 Å². The van der Waals surface area contributed by atoms with Crippen LogP contribution in [0.25, 0.3) is 0 Å². The van der Waals surface area contributed by atoms with Gasteiger partial charge in [0, 0.05) is 30.7 Å². The van der Waals surface area contributed by atoms with Crippen LogP contribution in [-0.2, 0) is 21.4 Å². The van der Waals surface area contributed by atoms with Crippen molar-refractivity contribution in [3.63, 3.8) is 0 Å². The molecule has 0 atom stereocenters. The zero-order valence-electron chi connectivity index (χ0n) is 15.5. The average Bonchev–Trinajstić information content (AvgIpc) is 2.69. The molecule has 1 amide bonds. The normalized spacial score (nSPS) is 16.0. The standard InChI is InChI=1S/C20H24ClN3O3S/c21-17-8-6-16(7-9-17)14-22-20(25)15-24-12-10-18(11-13-24)23-28(26,27)19-4-2-1-3-5-19/h1-9,18,23H,10-15H2,(H,22,25). The molecule has 0 unspecified atom stereocenters. The smallest absolute Gasteiger partial charge is 0.240 e. The van der Waals surface area contributed by atoms with E-state index < -0.39 is 10.0 Å². The fraction of sp³-hybridized carbons (Fsp3) is 0.350. The van der Waals surface area contributed by atoms with E-state index >= 15 is 0 Å². The Bertz CT molecular complexity index is 881. The van der Waals surface area contributed by atoms with Crippen LogP contribution in [0, 0.1) is 0 Å². The first-order valence-electron chi connectivity index (χ1n) is 9.23. The van der Waals surface area contributed by atoms with Gasteiger partial charge < -0.3 is 5.32 Å². The third-order valence-electron chi connectivity index (χ3n) is 4.73. The molecule has 8 heteroatoms. The van der Waals surface area contributed by atoms with Crippen molar-refractivity contribution >= 4 is 27.5 Å². The molecule has 2 N–H and O–H groups in total. The van der Waals surface area contributed by atoms with Gasteiger partial charge in [-0.05, 0) is 42.7 Å². The Kier molecular flexibility index (Phi) is 7.07. The van der Waals surface area contributed by atoms with Gasteiger partial charge >= 0.3 is 0 Å². The number of carbonyl (C=O) groups is 1. The average molecular weight is 422 g/mol. The zero-order chi connectivity index (χ0) is 20.0. The van der Waals surface area contributed by atoms with Crippen LogP contribution in [0.2, 0.25) is 5.02 Å². The largest absolute Gasteiger partial charge is 0.351 e. The molecule has 2 aromatic rings. The first-order valence-corrected chi connectivity index (χ1v) is 11.1. The monoisotopic (exact) mass is 421 g/mol. The molecule has 1 saturated heterocycles. The fourth-order valence-corrected chi connectivity index (χ4v) is 4.61. The highest BCUT2D eigenvalue weighted by Crippen LogP contribution is 2.15. The number of nitrogens with one attached hydrogen (secondary N) is 2. The van der Waals surface area contributed by atoms with Crippen LogP contribution in [0.15, 0.2) is 59.5 Å². The quantitative estimate of drug-likeness (QED) is 0.719. The SMILES string of the molecule is O=C(CN1CCC(NS(=O)(=O)c2ccccc2)CC1)NCc1ccc(Cl)cc1. The molecule has 0 bridgehead atoms. The van der Waals surface area contributed by atoms with Gasteiger partial charge in [0.15, 0.2) is 0 Å². The van der Waals surface area contributed by atoms with Crippen molar-refractivity contribution in [2.24, 2.45) is 0 Å². The number of amides is 1. The number of hydrogen-bond acceptors (Lipinski definition) is 4. The third kappa shape index (κ3) is 6.04. The molecule has 1 fully saturated rings. The fourth-order valence-electron chi connectivity index (χ4n) is 3.16. The summed E-state index contributed by atoms with van der Waals surface area (Å²) in [6, 6.07) is 15.6. The van der Waals surface area contributed by atoms with E-state index in [4.69, 9.17) is 11.6 Å². The number of sulfonamides is 1. The second kappa shape index (κ2) is 9.52. The molecule has 0 aromatic heterocycles. The highest BCUT2D eigenvalue weighted by molar-refractivity contribution is 7.89. The molecular formula is C20H24ClN3O3S. The molecule has 0 spiro atoms. The first kappa shape index (κ1) is 20.8. The second-order valence-corrected chi connectivity index (χ2v) is 9.04. The second-order valence-electron chi connectivity index (χ2n) is 6.89. The van der Waals surface area contributed by atoms with Gasteiger partial charge in [0.25, 0.3) is 0 Å². The Morgan fingerprint density at radius 2 is 1.68 bits per heavy atom. The minimum Gasteiger partial charge on any atom is -0.351 e. The number of likely N-dealkylation sites (tertiary alicyclic amines) is 1. The summed E-state index contributed by atoms with van der Waals surface area (Å²) in [5.41, 5.74) is 0.992. The van der Waals surface area contributed by atoms with E-state index in [2.05, 4.69) is 10.0 Å². The van der Waals surface area contributed by atoms with Gasteiger partial charge in [0.2, 0.25) is 15.9 Å². The van der Waals surface area contributed by atoms with E-state index in [1.807, 2.05) is 17.0 Å². The number of rotatable bonds is 7. The van der Waals surface area contributed by atoms with Crippen molar-refractivity contribution in [3.8, 4) is 0 Å². The van der Waals surface area contributed by atoms with Crippen LogP contribution in [0.1, 0.15) is 18.4 Å². The van der Waals surface area contributed by atoms with E-state index in [1.165, 1.54) is 0 Å². The van der Waals surface area contributed by atoms with E-state index in [1.54, 1.807) is 42.5 Å². The minimum absolute atomic E-state index is 0.0433. The van der Waals surface area contributed by atoms with E-state index in [0.29, 0.717) is 44.0 Å². The molecule has 6 nitrogen and oxygen atoms in total. The van der Waals surface area contributed by atoms with Crippen molar-refractivity contribution in [2.75, 3.05) is 19.6 Å². The van der Waals surface area contributed by atoms with Gasteiger partial charge in [-0.25, -0.2) is 13.1 Å². The van der Waals surface area contributed by atoms with Crippen LogP contribution in [0.3, 0.4) is 0 Å². The molecule has 3 rings (SSSR count). The topological polar surface area (TPSA) is 78.5 Å². The number of benzene rings is 2. The van der Waals surface area contributed by atoms with Crippen molar-refractivity contribution in [3.05, 3.63) is 65.2 Å². The summed E-state index contributed by atoms with van der Waals surface area (Å²) in [7, 11) is -3.50. The van der Waals surface area contributed by atoms with Gasteiger partial charge in [-0.3, -0.25) is 9.69 Å². The van der Waals surface area contributed by atoms with Crippen molar-refractivity contribution < 1.29 is 13.2 Å². The van der Waals surface area contributed by atoms with E-state index in [0.717, 1.165) is 5.56 Å². The lowest BCUT2D eigenvalue weighted by Gasteiger charge is -2.31. The predicted molar refractivity (Wildman–Crippen MR) is 110 cm³/mol. The number of halogens is 1. The van der Waals surface area contributed by atoms with Gasteiger partial charge in [0.1, 0.15) is 0 Å². The Balaban J connectivity index is 1.41. The molecule has 2 aromatic carbocycles. The van der Waals surface area contributed by atoms with Crippen LogP contribution in [0.5, 0.6) is 0 Å². The Hall–Kier alpha value is -1.93. The molecule has 150 valence electrons. The van der Waals surface area contributed by atoms with Gasteiger partial charge in [-0.2, -0.15) is 0 Å². The summed E-state index contributed by atoms with van der Waals surface area (Å²) in [6.45, 7) is 2.13. The summed E-state index contributed by atoms with van der Waals surface area (Å²) in [6.07, 6.45) is 1.35. The Morgan fingerprint density at radius 1 is 1.04 bits per heavy atom. The Labute approximate surface area is 170 Å². The lowest BCUT2D eigenvalue weighted by molar-refractivity contribution is -0.122. The maximum absolute atomic E-state index is 12.4. The molecule has 28 heavy (non-hydrogen) atoms. The van der Waals surface area contributed by atoms with Crippen molar-refractivity contribution in [2.45, 2.75) is 30.3 Å². The van der Waals surface area contributed by atoms with Gasteiger partial charge in [0.05, 0.1) is 11.4 Å². The number of carbonyl (C=O) groups excluding carboxylic acids is 1. The third-order valence-corrected chi connectivity index (χ3v) is 6.52. The lowest BCUT2D eigenvalue weighted by atomic mass is 10.1. The molecule has 1 heterocycles.